The molecule has 1 fully saturated rings. The van der Waals surface area contributed by atoms with E-state index < -0.39 is 0 Å². The number of nitrogens with zero attached hydrogens (tertiary/aromatic N) is 3. The number of fused-ring (bicyclic) bond motifs is 1. The van der Waals surface area contributed by atoms with Crippen LogP contribution < -0.4 is 5.01 Å². The molecule has 0 spiro atoms. The lowest BCUT2D eigenvalue weighted by Crippen LogP contribution is -2.44. The molecule has 1 aromatic carbocycles. The molecule has 2 heterocycles. The van der Waals surface area contributed by atoms with Gasteiger partial charge in [-0.1, -0.05) is 12.1 Å². The Kier molecular flexibility index (Phi) is 3.39. The summed E-state index contributed by atoms with van der Waals surface area (Å²) in [5, 5.41) is 2.29. The second kappa shape index (κ2) is 5.16. The van der Waals surface area contributed by atoms with Gasteiger partial charge in [-0.3, -0.25) is 0 Å². The van der Waals surface area contributed by atoms with Gasteiger partial charge in [0.1, 0.15) is 5.82 Å². The van der Waals surface area contributed by atoms with Crippen molar-refractivity contribution in [2.45, 2.75) is 6.42 Å². The van der Waals surface area contributed by atoms with Crippen LogP contribution in [0, 0.1) is 0 Å². The van der Waals surface area contributed by atoms with Crippen molar-refractivity contribution in [2.24, 2.45) is 0 Å². The molecule has 0 radical (unpaired) electrons. The zero-order valence-electron chi connectivity index (χ0n) is 10.2. The zero-order chi connectivity index (χ0) is 12.4. The molecule has 1 aliphatic heterocycles. The van der Waals surface area contributed by atoms with Crippen molar-refractivity contribution in [3.05, 3.63) is 30.1 Å². The molecule has 1 aromatic heterocycles. The van der Waals surface area contributed by atoms with E-state index >= 15 is 0 Å². The van der Waals surface area contributed by atoms with Gasteiger partial charge >= 0.3 is 0 Å². The second-order valence-electron chi connectivity index (χ2n) is 4.33. The molecule has 1 aliphatic rings. The number of halogens is 1. The number of ether oxygens (including phenoxy) is 1. The van der Waals surface area contributed by atoms with E-state index in [1.807, 2.05) is 18.2 Å². The predicted octanol–water partition coefficient (Wildman–Crippen LogP) is 1.79. The molecule has 4 nitrogen and oxygen atoms in total. The first kappa shape index (κ1) is 11.8. The van der Waals surface area contributed by atoms with Crippen molar-refractivity contribution in [3.8, 4) is 0 Å². The number of para-hydroxylation sites is 2. The molecule has 3 rings (SSSR count). The van der Waals surface area contributed by atoms with Gasteiger partial charge in [-0.25, -0.2) is 9.66 Å². The molecular weight excluding hydrogens is 250 g/mol. The third-order valence-electron chi connectivity index (χ3n) is 3.19. The monoisotopic (exact) mass is 265 g/mol. The van der Waals surface area contributed by atoms with Gasteiger partial charge in [0.2, 0.25) is 0 Å². The molecule has 2 aromatic rings. The summed E-state index contributed by atoms with van der Waals surface area (Å²) >= 11 is 5.88. The minimum atomic E-state index is 0.591. The van der Waals surface area contributed by atoms with Crippen LogP contribution in [0.4, 0.5) is 0 Å². The van der Waals surface area contributed by atoms with Gasteiger partial charge in [0.15, 0.2) is 0 Å². The van der Waals surface area contributed by atoms with Crippen molar-refractivity contribution in [1.29, 1.82) is 0 Å². The Bertz CT molecular complexity index is 534. The molecule has 0 aliphatic carbocycles. The van der Waals surface area contributed by atoms with Gasteiger partial charge < -0.3 is 9.75 Å². The quantitative estimate of drug-likeness (QED) is 0.793. The topological polar surface area (TPSA) is 30.3 Å². The van der Waals surface area contributed by atoms with E-state index in [-0.39, 0.29) is 0 Å². The molecule has 96 valence electrons. The first-order chi connectivity index (χ1) is 8.90. The molecule has 0 bridgehead atoms. The van der Waals surface area contributed by atoms with Crippen LogP contribution >= 0.6 is 11.6 Å². The molecule has 0 unspecified atom stereocenters. The van der Waals surface area contributed by atoms with Gasteiger partial charge in [0.05, 0.1) is 37.3 Å². The second-order valence-corrected chi connectivity index (χ2v) is 4.71. The summed E-state index contributed by atoms with van der Waals surface area (Å²) in [7, 11) is 0. The van der Waals surface area contributed by atoms with Gasteiger partial charge in [0.25, 0.3) is 0 Å². The number of benzene rings is 1. The smallest absolute Gasteiger partial charge is 0.130 e. The molecular formula is C13H16ClN3O. The zero-order valence-corrected chi connectivity index (χ0v) is 10.9. The van der Waals surface area contributed by atoms with Crippen molar-refractivity contribution in [1.82, 2.24) is 9.66 Å². The van der Waals surface area contributed by atoms with Crippen LogP contribution in [0.3, 0.4) is 0 Å². The number of alkyl halides is 1. The van der Waals surface area contributed by atoms with Crippen molar-refractivity contribution in [3.63, 3.8) is 0 Å². The average Bonchev–Trinajstić information content (AvgIpc) is 2.78. The number of rotatable bonds is 3. The first-order valence-corrected chi connectivity index (χ1v) is 6.79. The van der Waals surface area contributed by atoms with E-state index in [2.05, 4.69) is 20.7 Å². The molecule has 0 saturated carbocycles. The highest BCUT2D eigenvalue weighted by molar-refractivity contribution is 6.17. The fourth-order valence-electron chi connectivity index (χ4n) is 2.38. The number of hydrogen-bond acceptors (Lipinski definition) is 3. The molecule has 0 amide bonds. The average molecular weight is 266 g/mol. The number of morpholine rings is 1. The summed E-state index contributed by atoms with van der Waals surface area (Å²) in [4.78, 5) is 4.67. The summed E-state index contributed by atoms with van der Waals surface area (Å²) < 4.78 is 7.62. The normalized spacial score (nSPS) is 16.4. The van der Waals surface area contributed by atoms with Crippen LogP contribution in [0.15, 0.2) is 24.3 Å². The van der Waals surface area contributed by atoms with Gasteiger partial charge in [-0.15, -0.1) is 11.6 Å². The Hall–Kier alpha value is -1.26. The fraction of sp³-hybridized carbons (Fsp3) is 0.462. The standard InChI is InChI=1S/C13H16ClN3O/c14-6-5-13-15-11-3-1-2-4-12(11)17(13)16-7-9-18-10-8-16/h1-4H,5-10H2. The molecule has 5 heteroatoms. The van der Waals surface area contributed by atoms with E-state index in [4.69, 9.17) is 16.3 Å². The van der Waals surface area contributed by atoms with Crippen molar-refractivity contribution >= 4 is 22.6 Å². The van der Waals surface area contributed by atoms with Crippen LogP contribution in [0.25, 0.3) is 11.0 Å². The van der Waals surface area contributed by atoms with Crippen LogP contribution in [0.1, 0.15) is 5.82 Å². The van der Waals surface area contributed by atoms with Crippen molar-refractivity contribution < 1.29 is 4.74 Å². The summed E-state index contributed by atoms with van der Waals surface area (Å²) in [5.41, 5.74) is 2.18. The highest BCUT2D eigenvalue weighted by Gasteiger charge is 2.17. The van der Waals surface area contributed by atoms with Gasteiger partial charge in [0, 0.05) is 12.3 Å². The highest BCUT2D eigenvalue weighted by atomic mass is 35.5. The summed E-state index contributed by atoms with van der Waals surface area (Å²) in [6.45, 7) is 3.34. The molecule has 18 heavy (non-hydrogen) atoms. The van der Waals surface area contributed by atoms with Crippen LogP contribution in [-0.4, -0.2) is 41.8 Å². The molecule has 0 atom stereocenters. The lowest BCUT2D eigenvalue weighted by Gasteiger charge is -2.31. The maximum Gasteiger partial charge on any atom is 0.130 e. The SMILES string of the molecule is ClCCc1nc2ccccc2n1N1CCOCC1. The summed E-state index contributed by atoms with van der Waals surface area (Å²) in [6, 6.07) is 8.22. The van der Waals surface area contributed by atoms with Crippen molar-refractivity contribution in [2.75, 3.05) is 37.2 Å². The van der Waals surface area contributed by atoms with E-state index in [9.17, 15) is 0 Å². The van der Waals surface area contributed by atoms with Crippen LogP contribution in [-0.2, 0) is 11.2 Å². The van der Waals surface area contributed by atoms with E-state index in [1.165, 1.54) is 0 Å². The Morgan fingerprint density at radius 2 is 2.00 bits per heavy atom. The van der Waals surface area contributed by atoms with E-state index in [1.54, 1.807) is 0 Å². The third-order valence-corrected chi connectivity index (χ3v) is 3.38. The maximum absolute atomic E-state index is 5.88. The highest BCUT2D eigenvalue weighted by Crippen LogP contribution is 2.18. The van der Waals surface area contributed by atoms with Crippen LogP contribution in [0.2, 0.25) is 0 Å². The van der Waals surface area contributed by atoms with Crippen LogP contribution in [0.5, 0.6) is 0 Å². The Morgan fingerprint density at radius 3 is 2.78 bits per heavy atom. The lowest BCUT2D eigenvalue weighted by molar-refractivity contribution is 0.111. The largest absolute Gasteiger partial charge is 0.378 e. The number of imidazole rings is 1. The van der Waals surface area contributed by atoms with Gasteiger partial charge in [-0.2, -0.15) is 0 Å². The first-order valence-electron chi connectivity index (χ1n) is 6.25. The minimum Gasteiger partial charge on any atom is -0.378 e. The van der Waals surface area contributed by atoms with E-state index in [0.29, 0.717) is 5.88 Å². The number of aryl methyl sites for hydroxylation is 1. The molecule has 1 saturated heterocycles. The minimum absolute atomic E-state index is 0.591. The Labute approximate surface area is 111 Å². The molecule has 0 N–H and O–H groups in total. The fourth-order valence-corrected chi connectivity index (χ4v) is 2.55. The van der Waals surface area contributed by atoms with E-state index in [0.717, 1.165) is 49.6 Å². The summed E-state index contributed by atoms with van der Waals surface area (Å²) in [5.74, 6) is 1.63. The lowest BCUT2D eigenvalue weighted by atomic mass is 10.3. The Balaban J connectivity index is 2.07. The predicted molar refractivity (Wildman–Crippen MR) is 72.9 cm³/mol. The number of aromatic nitrogens is 2. The Morgan fingerprint density at radius 1 is 1.22 bits per heavy atom. The van der Waals surface area contributed by atoms with Gasteiger partial charge in [-0.05, 0) is 12.1 Å². The summed E-state index contributed by atoms with van der Waals surface area (Å²) in [6.07, 6.45) is 0.785. The third kappa shape index (κ3) is 2.06. The maximum atomic E-state index is 5.88. The number of hydrogen-bond donors (Lipinski definition) is 0.